The number of sulfonamides is 1. The highest BCUT2D eigenvalue weighted by atomic mass is 35.5. The van der Waals surface area contributed by atoms with Crippen molar-refractivity contribution in [1.29, 1.82) is 0 Å². The second kappa shape index (κ2) is 8.13. The molecule has 24 heavy (non-hydrogen) atoms. The number of hydrogen-bond acceptors (Lipinski definition) is 4. The number of carbonyl (C=O) groups excluding carboxylic acids is 1. The molecular formula is C15H23ClFN3O3S. The number of nitrogens with one attached hydrogen (secondary N) is 1. The zero-order valence-corrected chi connectivity index (χ0v) is 15.3. The van der Waals surface area contributed by atoms with Gasteiger partial charge in [0.15, 0.2) is 0 Å². The number of nitrogens with two attached hydrogens (primary N) is 1. The summed E-state index contributed by atoms with van der Waals surface area (Å²) in [7, 11) is -3.62. The first-order chi connectivity index (χ1) is 10.7. The number of anilines is 1. The van der Waals surface area contributed by atoms with Crippen LogP contribution >= 0.6 is 12.4 Å². The molecule has 1 heterocycles. The lowest BCUT2D eigenvalue weighted by Crippen LogP contribution is -2.49. The molecule has 1 aromatic carbocycles. The largest absolute Gasteiger partial charge is 0.334 e. The number of carbonyl (C=O) groups is 1. The van der Waals surface area contributed by atoms with Gasteiger partial charge in [0.05, 0.1) is 11.9 Å². The fourth-order valence-electron chi connectivity index (χ4n) is 2.84. The van der Waals surface area contributed by atoms with Gasteiger partial charge in [0, 0.05) is 24.7 Å². The van der Waals surface area contributed by atoms with E-state index in [4.69, 9.17) is 5.73 Å². The smallest absolute Gasteiger partial charge is 0.254 e. The molecule has 136 valence electrons. The van der Waals surface area contributed by atoms with E-state index in [1.165, 1.54) is 12.1 Å². The molecule has 2 unspecified atom stereocenters. The number of halogens is 2. The van der Waals surface area contributed by atoms with E-state index in [0.717, 1.165) is 25.2 Å². The first-order valence-corrected chi connectivity index (χ1v) is 9.38. The fourth-order valence-corrected chi connectivity index (χ4v) is 3.40. The molecule has 0 spiro atoms. The van der Waals surface area contributed by atoms with Crippen molar-refractivity contribution in [2.75, 3.05) is 24.1 Å². The van der Waals surface area contributed by atoms with Crippen molar-refractivity contribution < 1.29 is 17.6 Å². The summed E-state index contributed by atoms with van der Waals surface area (Å²) < 4.78 is 38.4. The average Bonchev–Trinajstić information content (AvgIpc) is 2.47. The maximum Gasteiger partial charge on any atom is 0.254 e. The molecule has 1 aliphatic heterocycles. The van der Waals surface area contributed by atoms with E-state index in [1.54, 1.807) is 4.90 Å². The predicted octanol–water partition coefficient (Wildman–Crippen LogP) is 1.82. The molecule has 0 aromatic heterocycles. The molecule has 0 radical (unpaired) electrons. The first-order valence-electron chi connectivity index (χ1n) is 7.49. The average molecular weight is 380 g/mol. The lowest BCUT2D eigenvalue weighted by atomic mass is 9.92. The van der Waals surface area contributed by atoms with E-state index >= 15 is 0 Å². The molecule has 2 rings (SSSR count). The Morgan fingerprint density at radius 1 is 1.46 bits per heavy atom. The minimum atomic E-state index is -3.62. The summed E-state index contributed by atoms with van der Waals surface area (Å²) >= 11 is 0. The highest BCUT2D eigenvalue weighted by Gasteiger charge is 2.29. The Labute approximate surface area is 148 Å². The highest BCUT2D eigenvalue weighted by molar-refractivity contribution is 7.92. The van der Waals surface area contributed by atoms with Gasteiger partial charge < -0.3 is 10.6 Å². The maximum absolute atomic E-state index is 13.7. The Hall–Kier alpha value is -1.38. The molecule has 2 atom stereocenters. The second-order valence-electron chi connectivity index (χ2n) is 6.09. The van der Waals surface area contributed by atoms with Gasteiger partial charge in [-0.25, -0.2) is 12.8 Å². The zero-order chi connectivity index (χ0) is 17.2. The van der Waals surface area contributed by atoms with Crippen molar-refractivity contribution in [2.24, 2.45) is 11.7 Å². The fraction of sp³-hybridized carbons (Fsp3) is 0.533. The summed E-state index contributed by atoms with van der Waals surface area (Å²) in [6.07, 6.45) is 2.65. The van der Waals surface area contributed by atoms with Gasteiger partial charge in [0.25, 0.3) is 5.91 Å². The predicted molar refractivity (Wildman–Crippen MR) is 94.4 cm³/mol. The monoisotopic (exact) mass is 379 g/mol. The molecule has 3 N–H and O–H groups in total. The summed E-state index contributed by atoms with van der Waals surface area (Å²) in [5, 5.41) is 0. The van der Waals surface area contributed by atoms with Crippen molar-refractivity contribution in [3.8, 4) is 0 Å². The lowest BCUT2D eigenvalue weighted by molar-refractivity contribution is 0.0573. The van der Waals surface area contributed by atoms with Crippen LogP contribution in [-0.2, 0) is 10.0 Å². The minimum Gasteiger partial charge on any atom is -0.334 e. The topological polar surface area (TPSA) is 92.5 Å². The zero-order valence-electron chi connectivity index (χ0n) is 13.7. The number of piperidine rings is 1. The third-order valence-electron chi connectivity index (χ3n) is 4.02. The van der Waals surface area contributed by atoms with Crippen LogP contribution in [0.25, 0.3) is 0 Å². The Morgan fingerprint density at radius 2 is 2.12 bits per heavy atom. The molecule has 1 aliphatic rings. The van der Waals surface area contributed by atoms with Gasteiger partial charge in [-0.1, -0.05) is 6.92 Å². The maximum atomic E-state index is 13.7. The van der Waals surface area contributed by atoms with Crippen molar-refractivity contribution in [2.45, 2.75) is 25.8 Å². The van der Waals surface area contributed by atoms with Crippen LogP contribution in [0.15, 0.2) is 18.2 Å². The Kier molecular flexibility index (Phi) is 7.00. The van der Waals surface area contributed by atoms with Gasteiger partial charge in [-0.3, -0.25) is 9.52 Å². The van der Waals surface area contributed by atoms with Crippen LogP contribution < -0.4 is 10.5 Å². The van der Waals surface area contributed by atoms with Crippen LogP contribution in [0.5, 0.6) is 0 Å². The highest BCUT2D eigenvalue weighted by Crippen LogP contribution is 2.25. The molecular weight excluding hydrogens is 357 g/mol. The number of nitrogens with zero attached hydrogens (tertiary/aromatic N) is 1. The van der Waals surface area contributed by atoms with E-state index < -0.39 is 15.8 Å². The summed E-state index contributed by atoms with van der Waals surface area (Å²) in [6, 6.07) is 3.62. The summed E-state index contributed by atoms with van der Waals surface area (Å²) in [6.45, 7) is 3.08. The van der Waals surface area contributed by atoms with Gasteiger partial charge in [0.1, 0.15) is 5.82 Å². The third-order valence-corrected chi connectivity index (χ3v) is 4.61. The van der Waals surface area contributed by atoms with Gasteiger partial charge in [0.2, 0.25) is 10.0 Å². The molecule has 1 saturated heterocycles. The van der Waals surface area contributed by atoms with E-state index in [0.29, 0.717) is 19.0 Å². The Balaban J connectivity index is 0.00000288. The first kappa shape index (κ1) is 20.7. The molecule has 1 amide bonds. The van der Waals surface area contributed by atoms with Gasteiger partial charge >= 0.3 is 0 Å². The SMILES string of the molecule is CC1CCN(C(=O)c2ccc(F)c(NS(C)(=O)=O)c2)C(CN)C1.Cl. The summed E-state index contributed by atoms with van der Waals surface area (Å²) in [5.74, 6) is -0.484. The standard InChI is InChI=1S/C15H22FN3O3S.ClH/c1-10-5-6-19(12(7-10)9-17)15(20)11-3-4-13(16)14(8-11)18-23(2,21)22;/h3-4,8,10,12,18H,5-7,9,17H2,1-2H3;1H. The Morgan fingerprint density at radius 3 is 2.71 bits per heavy atom. The Bertz CT molecular complexity index is 699. The normalized spacial score (nSPS) is 21.1. The van der Waals surface area contributed by atoms with Crippen molar-refractivity contribution in [3.05, 3.63) is 29.6 Å². The van der Waals surface area contributed by atoms with E-state index in [2.05, 4.69) is 11.6 Å². The van der Waals surface area contributed by atoms with E-state index in [1.807, 2.05) is 0 Å². The summed E-state index contributed by atoms with van der Waals surface area (Å²) in [5.41, 5.74) is 5.78. The van der Waals surface area contributed by atoms with Crippen molar-refractivity contribution in [1.82, 2.24) is 4.90 Å². The quantitative estimate of drug-likeness (QED) is 0.834. The van der Waals surface area contributed by atoms with Gasteiger partial charge in [-0.2, -0.15) is 0 Å². The van der Waals surface area contributed by atoms with Crippen molar-refractivity contribution in [3.63, 3.8) is 0 Å². The molecule has 9 heteroatoms. The van der Waals surface area contributed by atoms with Crippen molar-refractivity contribution >= 4 is 34.0 Å². The van der Waals surface area contributed by atoms with Crippen LogP contribution in [0.2, 0.25) is 0 Å². The lowest BCUT2D eigenvalue weighted by Gasteiger charge is -2.38. The van der Waals surface area contributed by atoms with Crippen LogP contribution in [0.1, 0.15) is 30.1 Å². The molecule has 1 fully saturated rings. The molecule has 1 aromatic rings. The number of hydrogen-bond donors (Lipinski definition) is 2. The van der Waals surface area contributed by atoms with Gasteiger partial charge in [-0.05, 0) is 37.0 Å². The second-order valence-corrected chi connectivity index (χ2v) is 7.83. The van der Waals surface area contributed by atoms with Crippen LogP contribution in [-0.4, -0.2) is 44.6 Å². The minimum absolute atomic E-state index is 0. The molecule has 6 nitrogen and oxygen atoms in total. The van der Waals surface area contributed by atoms with E-state index in [9.17, 15) is 17.6 Å². The van der Waals surface area contributed by atoms with E-state index in [-0.39, 0.29) is 35.6 Å². The summed E-state index contributed by atoms with van der Waals surface area (Å²) in [4.78, 5) is 14.4. The molecule has 0 aliphatic carbocycles. The van der Waals surface area contributed by atoms with Gasteiger partial charge in [-0.15, -0.1) is 12.4 Å². The third kappa shape index (κ3) is 5.06. The number of likely N-dealkylation sites (tertiary alicyclic amines) is 1. The van der Waals surface area contributed by atoms with Crippen LogP contribution in [0, 0.1) is 11.7 Å². The molecule has 0 saturated carbocycles. The van der Waals surface area contributed by atoms with Crippen LogP contribution in [0.4, 0.5) is 10.1 Å². The number of benzene rings is 1. The van der Waals surface area contributed by atoms with Crippen LogP contribution in [0.3, 0.4) is 0 Å². The molecule has 0 bridgehead atoms. The number of rotatable bonds is 4. The number of amides is 1.